The van der Waals surface area contributed by atoms with Gasteiger partial charge in [-0.05, 0) is 5.56 Å². The molecule has 0 saturated carbocycles. The first-order chi connectivity index (χ1) is 19.0. The minimum Gasteiger partial charge on any atom is -0.872 e. The number of H-pyrrole nitrogens is 1. The molecule has 1 aromatic carbocycles. The second-order valence-corrected chi connectivity index (χ2v) is 9.35. The number of nitrogens with two attached hydrogens (primary N) is 1. The summed E-state index contributed by atoms with van der Waals surface area (Å²) in [6, 6.07) is 4.87. The van der Waals surface area contributed by atoms with Gasteiger partial charge in [0.1, 0.15) is 6.10 Å². The second kappa shape index (κ2) is 11.8. The van der Waals surface area contributed by atoms with Crippen LogP contribution in [0.1, 0.15) is 25.6 Å². The molecule has 1 aliphatic rings. The number of aromatic nitrogens is 4. The Labute approximate surface area is 225 Å². The molecule has 0 radical (unpaired) electrons. The van der Waals surface area contributed by atoms with Crippen LogP contribution >= 0.6 is 0 Å². The van der Waals surface area contributed by atoms with Crippen molar-refractivity contribution in [3.63, 3.8) is 0 Å². The fourth-order valence-corrected chi connectivity index (χ4v) is 4.28. The highest BCUT2D eigenvalue weighted by Crippen LogP contribution is 2.32. The fourth-order valence-electron chi connectivity index (χ4n) is 3.62. The molecule has 0 aliphatic carbocycles. The van der Waals surface area contributed by atoms with E-state index in [0.717, 1.165) is 32.3 Å². The Bertz CT molecular complexity index is 1540. The summed E-state index contributed by atoms with van der Waals surface area (Å²) in [5.41, 5.74) is 5.87. The van der Waals surface area contributed by atoms with E-state index in [1.54, 1.807) is 0 Å². The standard InChI is InChI=1S/C21H22N6O12S/c1-10(28)36-38-16-14(7-34-40(32,33)26-20(31)12-5-3-4-6-13(12)30)35-21(17(16)39-37-11(2)29)27-9-25-15-18(22)23-8-24-19(15)27/h3-6,8-9,14,16-17,21H,7H2,1-2H3,(H4,22,23,24,26,30,31)/p-1/t14-,16-,17-,21-/m1/s1. The molecule has 1 saturated heterocycles. The van der Waals surface area contributed by atoms with Gasteiger partial charge in [-0.25, -0.2) is 18.3 Å². The SMILES string of the molecule is CC(=O)OO[C@@H]1[C@H](OOC(C)=O)[C@@H](COS(=O)(=O)N=C([O-])c2ccccc2[O-])O[C@H]1[n+]1c[nH]c2c(N)ncnc21. The van der Waals surface area contributed by atoms with Crippen molar-refractivity contribution < 1.29 is 61.3 Å². The van der Waals surface area contributed by atoms with Crippen molar-refractivity contribution >= 4 is 45.1 Å². The van der Waals surface area contributed by atoms with Crippen molar-refractivity contribution in [1.82, 2.24) is 15.0 Å². The predicted octanol–water partition coefficient (Wildman–Crippen LogP) is -2.41. The first-order valence-electron chi connectivity index (χ1n) is 11.2. The molecule has 3 aromatic rings. The van der Waals surface area contributed by atoms with Crippen LogP contribution in [0.5, 0.6) is 5.75 Å². The van der Waals surface area contributed by atoms with Crippen molar-refractivity contribution in [3.05, 3.63) is 42.5 Å². The minimum atomic E-state index is -4.93. The monoisotopic (exact) mass is 581 g/mol. The van der Waals surface area contributed by atoms with Gasteiger partial charge in [-0.2, -0.15) is 27.6 Å². The number of aromatic amines is 1. The maximum absolute atomic E-state index is 12.4. The number of nitrogens with one attached hydrogen (secondary N) is 1. The number of anilines is 1. The zero-order chi connectivity index (χ0) is 29.0. The van der Waals surface area contributed by atoms with E-state index in [1.165, 1.54) is 23.0 Å². The maximum atomic E-state index is 12.4. The third-order valence-electron chi connectivity index (χ3n) is 5.26. The lowest BCUT2D eigenvalue weighted by molar-refractivity contribution is -0.749. The normalized spacial score (nSPS) is 21.4. The highest BCUT2D eigenvalue weighted by molar-refractivity contribution is 7.85. The van der Waals surface area contributed by atoms with Crippen LogP contribution in [0.4, 0.5) is 5.82 Å². The van der Waals surface area contributed by atoms with Crippen LogP contribution in [0.25, 0.3) is 11.2 Å². The lowest BCUT2D eigenvalue weighted by Crippen LogP contribution is -2.47. The number of hydrogen-bond donors (Lipinski definition) is 2. The average Bonchev–Trinajstić information content (AvgIpc) is 3.46. The van der Waals surface area contributed by atoms with Gasteiger partial charge in [0.25, 0.3) is 0 Å². The molecule has 40 heavy (non-hydrogen) atoms. The summed E-state index contributed by atoms with van der Waals surface area (Å²) in [5, 5.41) is 24.1. The van der Waals surface area contributed by atoms with Gasteiger partial charge in [-0.15, -0.1) is 5.75 Å². The van der Waals surface area contributed by atoms with Crippen LogP contribution in [0.3, 0.4) is 0 Å². The minimum absolute atomic E-state index is 0.0869. The third kappa shape index (κ3) is 6.40. The van der Waals surface area contributed by atoms with Crippen LogP contribution in [0.2, 0.25) is 0 Å². The summed E-state index contributed by atoms with van der Waals surface area (Å²) >= 11 is 0. The van der Waals surface area contributed by atoms with Crippen molar-refractivity contribution in [2.75, 3.05) is 12.3 Å². The number of benzene rings is 1. The van der Waals surface area contributed by atoms with Crippen LogP contribution in [-0.4, -0.2) is 66.1 Å². The van der Waals surface area contributed by atoms with Gasteiger partial charge in [0.05, 0.1) is 6.61 Å². The number of carbonyl (C=O) groups is 2. The average molecular weight is 581 g/mol. The molecule has 4 atom stereocenters. The molecule has 3 heterocycles. The van der Waals surface area contributed by atoms with E-state index in [9.17, 15) is 28.2 Å². The van der Waals surface area contributed by atoms with Gasteiger partial charge in [-0.3, -0.25) is 14.8 Å². The largest absolute Gasteiger partial charge is 0.872 e. The molecule has 1 aliphatic heterocycles. The number of hydrogen-bond acceptors (Lipinski definition) is 15. The molecular formula is C21H21N6O12S-. The van der Waals surface area contributed by atoms with Gasteiger partial charge in [0.2, 0.25) is 11.7 Å². The van der Waals surface area contributed by atoms with Crippen molar-refractivity contribution in [3.8, 4) is 5.75 Å². The third-order valence-corrected chi connectivity index (χ3v) is 6.08. The second-order valence-electron chi connectivity index (χ2n) is 8.08. The summed E-state index contributed by atoms with van der Waals surface area (Å²) in [6.07, 6.45) is -3.04. The molecule has 0 bridgehead atoms. The number of nitrogen functional groups attached to an aromatic ring is 1. The van der Waals surface area contributed by atoms with Gasteiger partial charge >= 0.3 is 27.9 Å². The molecule has 1 fully saturated rings. The van der Waals surface area contributed by atoms with Crippen LogP contribution in [0.15, 0.2) is 41.3 Å². The van der Waals surface area contributed by atoms with Crippen LogP contribution in [-0.2, 0) is 48.4 Å². The Morgan fingerprint density at radius 3 is 2.50 bits per heavy atom. The summed E-state index contributed by atoms with van der Waals surface area (Å²) in [6.45, 7) is 1.21. The van der Waals surface area contributed by atoms with Gasteiger partial charge in [-0.1, -0.05) is 29.2 Å². The summed E-state index contributed by atoms with van der Waals surface area (Å²) in [5.74, 6) is -3.76. The van der Waals surface area contributed by atoms with E-state index in [-0.39, 0.29) is 11.5 Å². The van der Waals surface area contributed by atoms with Gasteiger partial charge in [0, 0.05) is 19.7 Å². The molecule has 0 unspecified atom stereocenters. The molecule has 18 nitrogen and oxygen atoms in total. The molecule has 214 valence electrons. The van der Waals surface area contributed by atoms with Crippen molar-refractivity contribution in [1.29, 1.82) is 0 Å². The zero-order valence-electron chi connectivity index (χ0n) is 20.7. The number of fused-ring (bicyclic) bond motifs is 1. The summed E-state index contributed by atoms with van der Waals surface area (Å²) in [4.78, 5) is 53.3. The smallest absolute Gasteiger partial charge is 0.380 e. The lowest BCUT2D eigenvalue weighted by Gasteiger charge is -2.20. The Morgan fingerprint density at radius 1 is 1.15 bits per heavy atom. The Kier molecular flexibility index (Phi) is 8.40. The molecule has 4 rings (SSSR count). The fraction of sp³-hybridized carbons (Fsp3) is 0.333. The van der Waals surface area contributed by atoms with Gasteiger partial charge in [0.15, 0.2) is 30.7 Å². The number of para-hydroxylation sites is 1. The lowest BCUT2D eigenvalue weighted by atomic mass is 10.1. The molecule has 3 N–H and O–H groups in total. The van der Waals surface area contributed by atoms with E-state index in [4.69, 9.17) is 24.4 Å². The highest BCUT2D eigenvalue weighted by atomic mass is 32.2. The zero-order valence-corrected chi connectivity index (χ0v) is 21.5. The summed E-state index contributed by atoms with van der Waals surface area (Å²) in [7, 11) is -4.93. The quantitative estimate of drug-likeness (QED) is 0.0831. The Balaban J connectivity index is 1.63. The first-order valence-corrected chi connectivity index (χ1v) is 12.6. The summed E-state index contributed by atoms with van der Waals surface area (Å²) < 4.78 is 39.9. The molecular weight excluding hydrogens is 560 g/mol. The van der Waals surface area contributed by atoms with Crippen molar-refractivity contribution in [2.24, 2.45) is 4.40 Å². The number of carbonyl (C=O) groups excluding carboxylic acids is 2. The number of imidazole rings is 1. The van der Waals surface area contributed by atoms with Crippen molar-refractivity contribution in [2.45, 2.75) is 38.4 Å². The number of ether oxygens (including phenoxy) is 1. The first kappa shape index (κ1) is 28.6. The Morgan fingerprint density at radius 2 is 1.82 bits per heavy atom. The molecule has 19 heteroatoms. The molecule has 0 spiro atoms. The molecule has 0 amide bonds. The number of nitrogens with zero attached hydrogens (tertiary/aromatic N) is 4. The Hall–Kier alpha value is -4.43. The highest BCUT2D eigenvalue weighted by Gasteiger charge is 2.53. The maximum Gasteiger partial charge on any atom is 0.380 e. The molecule has 2 aromatic heterocycles. The van der Waals surface area contributed by atoms with Gasteiger partial charge < -0.3 is 20.7 Å². The van der Waals surface area contributed by atoms with Crippen LogP contribution < -0.4 is 20.5 Å². The van der Waals surface area contributed by atoms with E-state index in [1.807, 2.05) is 0 Å². The topological polar surface area (TPSA) is 254 Å². The van der Waals surface area contributed by atoms with E-state index in [0.29, 0.717) is 5.52 Å². The van der Waals surface area contributed by atoms with E-state index >= 15 is 0 Å². The van der Waals surface area contributed by atoms with E-state index < -0.39 is 70.6 Å². The number of rotatable bonds is 10. The predicted molar refractivity (Wildman–Crippen MR) is 123 cm³/mol. The van der Waals surface area contributed by atoms with E-state index in [2.05, 4.69) is 29.1 Å². The van der Waals surface area contributed by atoms with Crippen LogP contribution in [0, 0.1) is 0 Å².